The topological polar surface area (TPSA) is 74.8 Å². The number of hydrogen-bond acceptors (Lipinski definition) is 5. The SMILES string of the molecule is O=C(CCCC(=O)N1CCN(S(=O)(=O)c2ccc3c(c2)CCC3)CC1)c1cccs1. The fourth-order valence-electron chi connectivity index (χ4n) is 4.15. The molecule has 1 aromatic carbocycles. The quantitative estimate of drug-likeness (QED) is 0.613. The van der Waals surface area contributed by atoms with Gasteiger partial charge < -0.3 is 4.90 Å². The van der Waals surface area contributed by atoms with E-state index < -0.39 is 10.0 Å². The average molecular weight is 447 g/mol. The molecule has 2 aliphatic rings. The molecule has 1 aliphatic heterocycles. The maximum Gasteiger partial charge on any atom is 0.243 e. The lowest BCUT2D eigenvalue weighted by Crippen LogP contribution is -2.50. The van der Waals surface area contributed by atoms with Crippen LogP contribution >= 0.6 is 11.3 Å². The Bertz CT molecular complexity index is 1020. The van der Waals surface area contributed by atoms with Crippen LogP contribution in [0.2, 0.25) is 0 Å². The zero-order valence-corrected chi connectivity index (χ0v) is 18.5. The van der Waals surface area contributed by atoms with Gasteiger partial charge in [-0.25, -0.2) is 8.42 Å². The van der Waals surface area contributed by atoms with E-state index in [2.05, 4.69) is 0 Å². The summed E-state index contributed by atoms with van der Waals surface area (Å²) < 4.78 is 27.5. The van der Waals surface area contributed by atoms with Crippen molar-refractivity contribution in [2.24, 2.45) is 0 Å². The Balaban J connectivity index is 1.28. The van der Waals surface area contributed by atoms with Gasteiger partial charge >= 0.3 is 0 Å². The maximum absolute atomic E-state index is 13.0. The summed E-state index contributed by atoms with van der Waals surface area (Å²) in [6.45, 7) is 1.39. The number of nitrogens with zero attached hydrogens (tertiary/aromatic N) is 2. The molecule has 160 valence electrons. The van der Waals surface area contributed by atoms with Gasteiger partial charge in [-0.3, -0.25) is 9.59 Å². The lowest BCUT2D eigenvalue weighted by atomic mass is 10.1. The van der Waals surface area contributed by atoms with Gasteiger partial charge in [0.15, 0.2) is 5.78 Å². The third kappa shape index (κ3) is 4.50. The van der Waals surface area contributed by atoms with Crippen molar-refractivity contribution in [1.29, 1.82) is 0 Å². The number of carbonyl (C=O) groups is 2. The number of aryl methyl sites for hydroxylation is 2. The molecule has 8 heteroatoms. The molecule has 4 rings (SSSR count). The predicted octanol–water partition coefficient (Wildman–Crippen LogP) is 3.12. The second kappa shape index (κ2) is 8.99. The third-order valence-corrected chi connectivity index (χ3v) is 8.70. The van der Waals surface area contributed by atoms with Crippen LogP contribution in [0.25, 0.3) is 0 Å². The molecule has 0 bridgehead atoms. The number of hydrogen-bond donors (Lipinski definition) is 0. The minimum absolute atomic E-state index is 0.0106. The Kier molecular flexibility index (Phi) is 6.36. The summed E-state index contributed by atoms with van der Waals surface area (Å²) in [5.41, 5.74) is 2.39. The molecule has 2 aromatic rings. The lowest BCUT2D eigenvalue weighted by molar-refractivity contribution is -0.132. The summed E-state index contributed by atoms with van der Waals surface area (Å²) in [7, 11) is -3.53. The first kappa shape index (κ1) is 21.2. The third-order valence-electron chi connectivity index (χ3n) is 5.89. The monoisotopic (exact) mass is 446 g/mol. The molecular weight excluding hydrogens is 420 g/mol. The van der Waals surface area contributed by atoms with Crippen LogP contribution in [0.15, 0.2) is 40.6 Å². The Labute approximate surface area is 181 Å². The molecule has 0 atom stereocenters. The van der Waals surface area contributed by atoms with E-state index in [0.717, 1.165) is 29.7 Å². The molecule has 0 saturated carbocycles. The molecule has 1 aliphatic carbocycles. The first-order valence-electron chi connectivity index (χ1n) is 10.4. The van der Waals surface area contributed by atoms with E-state index in [0.29, 0.717) is 50.3 Å². The zero-order valence-electron chi connectivity index (χ0n) is 16.9. The molecule has 2 heterocycles. The first-order valence-corrected chi connectivity index (χ1v) is 12.7. The van der Waals surface area contributed by atoms with E-state index in [1.165, 1.54) is 21.2 Å². The molecule has 1 saturated heterocycles. The number of sulfonamides is 1. The van der Waals surface area contributed by atoms with Gasteiger partial charge in [-0.2, -0.15) is 4.31 Å². The molecule has 1 fully saturated rings. The summed E-state index contributed by atoms with van der Waals surface area (Å²) in [6, 6.07) is 9.11. The summed E-state index contributed by atoms with van der Waals surface area (Å²) in [4.78, 5) is 27.3. The second-order valence-corrected chi connectivity index (χ2v) is 10.7. The summed E-state index contributed by atoms with van der Waals surface area (Å²) in [5, 5.41) is 1.87. The molecule has 30 heavy (non-hydrogen) atoms. The zero-order chi connectivity index (χ0) is 21.1. The van der Waals surface area contributed by atoms with Crippen LogP contribution in [0.5, 0.6) is 0 Å². The summed E-state index contributed by atoms with van der Waals surface area (Å²) >= 11 is 1.42. The largest absolute Gasteiger partial charge is 0.340 e. The molecule has 0 spiro atoms. The van der Waals surface area contributed by atoms with E-state index in [1.54, 1.807) is 17.0 Å². The van der Waals surface area contributed by atoms with Gasteiger partial charge in [0.05, 0.1) is 9.77 Å². The van der Waals surface area contributed by atoms with E-state index in [9.17, 15) is 18.0 Å². The molecule has 0 unspecified atom stereocenters. The highest BCUT2D eigenvalue weighted by Gasteiger charge is 2.30. The van der Waals surface area contributed by atoms with Crippen LogP contribution < -0.4 is 0 Å². The molecule has 6 nitrogen and oxygen atoms in total. The van der Waals surface area contributed by atoms with Crippen LogP contribution in [0, 0.1) is 0 Å². The van der Waals surface area contributed by atoms with Crippen LogP contribution in [-0.4, -0.2) is 55.5 Å². The summed E-state index contributed by atoms with van der Waals surface area (Å²) in [6.07, 6.45) is 4.24. The van der Waals surface area contributed by atoms with Crippen LogP contribution in [0.4, 0.5) is 0 Å². The van der Waals surface area contributed by atoms with Crippen molar-refractivity contribution in [3.05, 3.63) is 51.7 Å². The molecular formula is C22H26N2O4S2. The Morgan fingerprint density at radius 2 is 1.73 bits per heavy atom. The number of fused-ring (bicyclic) bond motifs is 1. The minimum Gasteiger partial charge on any atom is -0.340 e. The van der Waals surface area contributed by atoms with Gasteiger partial charge in [-0.15, -0.1) is 11.3 Å². The average Bonchev–Trinajstić information content (AvgIpc) is 3.45. The maximum atomic E-state index is 13.0. The van der Waals surface area contributed by atoms with Gasteiger partial charge in [-0.1, -0.05) is 12.1 Å². The Morgan fingerprint density at radius 1 is 0.967 bits per heavy atom. The van der Waals surface area contributed by atoms with Gasteiger partial charge in [0.1, 0.15) is 0 Å². The number of ketones is 1. The van der Waals surface area contributed by atoms with E-state index >= 15 is 0 Å². The normalized spacial score (nSPS) is 17.1. The molecule has 1 amide bonds. The number of thiophene rings is 1. The van der Waals surface area contributed by atoms with Crippen molar-refractivity contribution in [2.75, 3.05) is 26.2 Å². The summed E-state index contributed by atoms with van der Waals surface area (Å²) in [5.74, 6) is 0.0617. The van der Waals surface area contributed by atoms with Crippen molar-refractivity contribution in [2.45, 2.75) is 43.4 Å². The lowest BCUT2D eigenvalue weighted by Gasteiger charge is -2.34. The number of carbonyl (C=O) groups excluding carboxylic acids is 2. The fraction of sp³-hybridized carbons (Fsp3) is 0.455. The van der Waals surface area contributed by atoms with Crippen LogP contribution in [0.3, 0.4) is 0 Å². The molecule has 0 N–H and O–H groups in total. The smallest absolute Gasteiger partial charge is 0.243 e. The number of benzene rings is 1. The fourth-order valence-corrected chi connectivity index (χ4v) is 6.32. The van der Waals surface area contributed by atoms with Crippen LogP contribution in [-0.2, 0) is 27.7 Å². The number of Topliss-reactive ketones (excluding diaryl/α,β-unsaturated/α-hetero) is 1. The van der Waals surface area contributed by atoms with E-state index in [-0.39, 0.29) is 11.7 Å². The van der Waals surface area contributed by atoms with E-state index in [4.69, 9.17) is 0 Å². The Morgan fingerprint density at radius 3 is 2.47 bits per heavy atom. The second-order valence-electron chi connectivity index (χ2n) is 7.82. The van der Waals surface area contributed by atoms with Gasteiger partial charge in [-0.05, 0) is 60.4 Å². The highest BCUT2D eigenvalue weighted by atomic mass is 32.2. The van der Waals surface area contributed by atoms with E-state index in [1.807, 2.05) is 23.6 Å². The standard InChI is InChI=1S/C22H26N2O4S2/c25-20(21-7-3-15-29-21)6-2-8-22(26)23-11-13-24(14-12-23)30(27,28)19-10-9-17-4-1-5-18(17)16-19/h3,7,9-10,15-16H,1-2,4-6,8,11-14H2. The first-order chi connectivity index (χ1) is 14.4. The van der Waals surface area contributed by atoms with Crippen LogP contribution in [0.1, 0.15) is 46.5 Å². The van der Waals surface area contributed by atoms with Gasteiger partial charge in [0, 0.05) is 39.0 Å². The Hall–Kier alpha value is -2.03. The van der Waals surface area contributed by atoms with Crippen molar-refractivity contribution >= 4 is 33.1 Å². The van der Waals surface area contributed by atoms with Gasteiger partial charge in [0.2, 0.25) is 15.9 Å². The van der Waals surface area contributed by atoms with Crippen molar-refractivity contribution in [1.82, 2.24) is 9.21 Å². The number of rotatable bonds is 7. The highest BCUT2D eigenvalue weighted by molar-refractivity contribution is 7.89. The number of amides is 1. The molecule has 1 aromatic heterocycles. The molecule has 0 radical (unpaired) electrons. The van der Waals surface area contributed by atoms with Gasteiger partial charge in [0.25, 0.3) is 0 Å². The predicted molar refractivity (Wildman–Crippen MR) is 116 cm³/mol. The van der Waals surface area contributed by atoms with Crippen molar-refractivity contribution in [3.63, 3.8) is 0 Å². The number of piperazine rings is 1. The van der Waals surface area contributed by atoms with Crippen molar-refractivity contribution < 1.29 is 18.0 Å². The highest BCUT2D eigenvalue weighted by Crippen LogP contribution is 2.27. The van der Waals surface area contributed by atoms with Crippen molar-refractivity contribution in [3.8, 4) is 0 Å². The minimum atomic E-state index is -3.53.